The third-order valence-corrected chi connectivity index (χ3v) is 6.15. The lowest BCUT2D eigenvalue weighted by atomic mass is 10.2. The van der Waals surface area contributed by atoms with E-state index in [-0.39, 0.29) is 18.0 Å². The molecule has 0 saturated heterocycles. The first-order valence-electron chi connectivity index (χ1n) is 9.02. The van der Waals surface area contributed by atoms with Gasteiger partial charge in [0.15, 0.2) is 17.5 Å². The minimum atomic E-state index is -3.74. The van der Waals surface area contributed by atoms with Gasteiger partial charge in [-0.15, -0.1) is 0 Å². The number of aliphatic hydroxyl groups is 1. The summed E-state index contributed by atoms with van der Waals surface area (Å²) in [6.45, 7) is -0.353. The standard InChI is InChI=1S/C18H19ClN6O3S/c19-14-10-20-17(12-2-1-3-13(8-12)29(27,28)21-6-7-26)23-18(14)22-16-9-15(24-25-16)11-4-5-11/h1-3,8-11,21,26H,4-7H2,(H2,20,22,23,24,25). The van der Waals surface area contributed by atoms with E-state index in [1.54, 1.807) is 12.1 Å². The molecule has 1 aliphatic carbocycles. The van der Waals surface area contributed by atoms with Crippen LogP contribution in [0.5, 0.6) is 0 Å². The summed E-state index contributed by atoms with van der Waals surface area (Å²) in [5.41, 5.74) is 1.59. The number of hydrogen-bond acceptors (Lipinski definition) is 7. The van der Waals surface area contributed by atoms with Gasteiger partial charge in [0.2, 0.25) is 10.0 Å². The molecule has 0 atom stereocenters. The smallest absolute Gasteiger partial charge is 0.240 e. The van der Waals surface area contributed by atoms with Crippen molar-refractivity contribution in [1.82, 2.24) is 24.9 Å². The molecule has 9 nitrogen and oxygen atoms in total. The van der Waals surface area contributed by atoms with Crippen molar-refractivity contribution < 1.29 is 13.5 Å². The van der Waals surface area contributed by atoms with Gasteiger partial charge in [0, 0.05) is 29.8 Å². The molecule has 1 aromatic carbocycles. The largest absolute Gasteiger partial charge is 0.395 e. The maximum atomic E-state index is 12.3. The van der Waals surface area contributed by atoms with Gasteiger partial charge in [0.25, 0.3) is 0 Å². The summed E-state index contributed by atoms with van der Waals surface area (Å²) in [6, 6.07) is 8.16. The van der Waals surface area contributed by atoms with E-state index in [1.165, 1.54) is 18.3 Å². The third-order valence-electron chi connectivity index (χ3n) is 4.41. The molecule has 4 N–H and O–H groups in total. The summed E-state index contributed by atoms with van der Waals surface area (Å²) >= 11 is 6.22. The fourth-order valence-electron chi connectivity index (χ4n) is 2.78. The Morgan fingerprint density at radius 2 is 2.10 bits per heavy atom. The van der Waals surface area contributed by atoms with Crippen LogP contribution in [0.3, 0.4) is 0 Å². The maximum Gasteiger partial charge on any atom is 0.240 e. The number of sulfonamides is 1. The van der Waals surface area contributed by atoms with Gasteiger partial charge in [-0.1, -0.05) is 23.7 Å². The Labute approximate surface area is 172 Å². The summed E-state index contributed by atoms with van der Waals surface area (Å²) in [6.07, 6.45) is 3.77. The lowest BCUT2D eigenvalue weighted by Crippen LogP contribution is -2.26. The highest BCUT2D eigenvalue weighted by atomic mass is 35.5. The van der Waals surface area contributed by atoms with Gasteiger partial charge < -0.3 is 10.4 Å². The topological polar surface area (TPSA) is 133 Å². The molecule has 11 heteroatoms. The summed E-state index contributed by atoms with van der Waals surface area (Å²) in [5.74, 6) is 1.83. The number of H-pyrrole nitrogens is 1. The number of aromatic amines is 1. The van der Waals surface area contributed by atoms with Crippen LogP contribution in [0.1, 0.15) is 24.5 Å². The molecule has 3 aromatic rings. The number of rotatable bonds is 8. The van der Waals surface area contributed by atoms with E-state index in [1.807, 2.05) is 6.07 Å². The van der Waals surface area contributed by atoms with E-state index >= 15 is 0 Å². The lowest BCUT2D eigenvalue weighted by Gasteiger charge is -2.09. The van der Waals surface area contributed by atoms with Crippen LogP contribution in [0.15, 0.2) is 41.4 Å². The minimum Gasteiger partial charge on any atom is -0.395 e. The number of benzene rings is 1. The Hall–Kier alpha value is -2.53. The van der Waals surface area contributed by atoms with Crippen LogP contribution in [0.2, 0.25) is 5.02 Å². The van der Waals surface area contributed by atoms with Gasteiger partial charge in [-0.3, -0.25) is 5.10 Å². The molecule has 0 bridgehead atoms. The second-order valence-corrected chi connectivity index (χ2v) is 8.82. The summed E-state index contributed by atoms with van der Waals surface area (Å²) < 4.78 is 26.9. The maximum absolute atomic E-state index is 12.3. The molecule has 4 rings (SSSR count). The molecule has 2 heterocycles. The average Bonchev–Trinajstić information content (AvgIpc) is 3.47. The summed E-state index contributed by atoms with van der Waals surface area (Å²) in [4.78, 5) is 8.70. The van der Waals surface area contributed by atoms with Crippen molar-refractivity contribution in [3.05, 3.63) is 47.2 Å². The Kier molecular flexibility index (Phi) is 5.50. The monoisotopic (exact) mass is 434 g/mol. The normalized spacial score (nSPS) is 14.1. The first kappa shape index (κ1) is 19.8. The van der Waals surface area contributed by atoms with Crippen LogP contribution in [-0.4, -0.2) is 46.8 Å². The molecule has 1 fully saturated rings. The fraction of sp³-hybridized carbons (Fsp3) is 0.278. The van der Waals surface area contributed by atoms with Crippen LogP contribution in [0.25, 0.3) is 11.4 Å². The average molecular weight is 435 g/mol. The van der Waals surface area contributed by atoms with Crippen molar-refractivity contribution in [3.63, 3.8) is 0 Å². The number of aromatic nitrogens is 4. The number of aliphatic hydroxyl groups excluding tert-OH is 1. The van der Waals surface area contributed by atoms with E-state index in [9.17, 15) is 8.42 Å². The van der Waals surface area contributed by atoms with Gasteiger partial charge in [-0.05, 0) is 25.0 Å². The van der Waals surface area contributed by atoms with Gasteiger partial charge in [-0.2, -0.15) is 5.10 Å². The molecule has 1 saturated carbocycles. The van der Waals surface area contributed by atoms with Crippen molar-refractivity contribution >= 4 is 33.3 Å². The number of anilines is 2. The Bertz CT molecular complexity index is 1130. The van der Waals surface area contributed by atoms with Crippen molar-refractivity contribution in [3.8, 4) is 11.4 Å². The predicted octanol–water partition coefficient (Wildman–Crippen LogP) is 2.41. The van der Waals surface area contributed by atoms with Crippen molar-refractivity contribution in [2.75, 3.05) is 18.5 Å². The van der Waals surface area contributed by atoms with E-state index in [0.717, 1.165) is 18.5 Å². The SMILES string of the molecule is O=S(=O)(NCCO)c1cccc(-c2ncc(Cl)c(Nc3cc(C4CC4)[nH]n3)n2)c1. The first-order valence-corrected chi connectivity index (χ1v) is 10.9. The molecule has 2 aromatic heterocycles. The highest BCUT2D eigenvalue weighted by molar-refractivity contribution is 7.89. The molecule has 0 amide bonds. The molecular formula is C18H19ClN6O3S. The predicted molar refractivity (Wildman–Crippen MR) is 109 cm³/mol. The van der Waals surface area contributed by atoms with Crippen LogP contribution in [-0.2, 0) is 10.0 Å². The van der Waals surface area contributed by atoms with E-state index in [0.29, 0.717) is 34.0 Å². The van der Waals surface area contributed by atoms with Crippen molar-refractivity contribution in [2.24, 2.45) is 0 Å². The van der Waals surface area contributed by atoms with Crippen LogP contribution in [0, 0.1) is 0 Å². The molecule has 1 aliphatic rings. The molecule has 0 unspecified atom stereocenters. The number of nitrogens with zero attached hydrogens (tertiary/aromatic N) is 3. The molecule has 0 aliphatic heterocycles. The van der Waals surface area contributed by atoms with Crippen molar-refractivity contribution in [2.45, 2.75) is 23.7 Å². The van der Waals surface area contributed by atoms with Crippen LogP contribution in [0.4, 0.5) is 11.6 Å². The number of halogens is 1. The highest BCUT2D eigenvalue weighted by Crippen LogP contribution is 2.39. The van der Waals surface area contributed by atoms with Gasteiger partial charge in [0.05, 0.1) is 17.7 Å². The first-order chi connectivity index (χ1) is 14.0. The molecule has 0 spiro atoms. The van der Waals surface area contributed by atoms with Crippen molar-refractivity contribution in [1.29, 1.82) is 0 Å². The Morgan fingerprint density at radius 3 is 2.86 bits per heavy atom. The van der Waals surface area contributed by atoms with E-state index in [4.69, 9.17) is 16.7 Å². The zero-order valence-corrected chi connectivity index (χ0v) is 16.8. The van der Waals surface area contributed by atoms with E-state index < -0.39 is 10.0 Å². The summed E-state index contributed by atoms with van der Waals surface area (Å²) in [7, 11) is -3.74. The Balaban J connectivity index is 1.60. The number of hydrogen-bond donors (Lipinski definition) is 4. The second kappa shape index (κ2) is 8.07. The molecule has 152 valence electrons. The highest BCUT2D eigenvalue weighted by Gasteiger charge is 2.25. The summed E-state index contributed by atoms with van der Waals surface area (Å²) in [5, 5.41) is 19.5. The molecule has 0 radical (unpaired) electrons. The minimum absolute atomic E-state index is 0.0536. The number of nitrogens with one attached hydrogen (secondary N) is 3. The second-order valence-electron chi connectivity index (χ2n) is 6.65. The van der Waals surface area contributed by atoms with Gasteiger partial charge in [0.1, 0.15) is 5.02 Å². The molecular weight excluding hydrogens is 416 g/mol. The van der Waals surface area contributed by atoms with Crippen LogP contribution >= 0.6 is 11.6 Å². The van der Waals surface area contributed by atoms with Gasteiger partial charge >= 0.3 is 0 Å². The van der Waals surface area contributed by atoms with Gasteiger partial charge in [-0.25, -0.2) is 23.1 Å². The zero-order chi connectivity index (χ0) is 20.4. The quantitative estimate of drug-likeness (QED) is 0.427. The zero-order valence-electron chi connectivity index (χ0n) is 15.3. The lowest BCUT2D eigenvalue weighted by molar-refractivity contribution is 0.301. The fourth-order valence-corrected chi connectivity index (χ4v) is 3.99. The molecule has 29 heavy (non-hydrogen) atoms. The third kappa shape index (κ3) is 4.56. The Morgan fingerprint density at radius 1 is 1.28 bits per heavy atom. The van der Waals surface area contributed by atoms with Crippen LogP contribution < -0.4 is 10.0 Å². The van der Waals surface area contributed by atoms with E-state index in [2.05, 4.69) is 30.2 Å².